The molecule has 2 atom stereocenters. The molecule has 1 aromatic carbocycles. The van der Waals surface area contributed by atoms with E-state index in [1.165, 1.54) is 0 Å². The van der Waals surface area contributed by atoms with Crippen molar-refractivity contribution in [3.05, 3.63) is 33.8 Å². The number of aliphatic carboxylic acids is 1. The lowest BCUT2D eigenvalue weighted by atomic mass is 9.80. The Morgan fingerprint density at radius 3 is 2.71 bits per heavy atom. The molecule has 0 fully saturated rings. The average molecular weight is 312 g/mol. The molecule has 5 nitrogen and oxygen atoms in total. The minimum absolute atomic E-state index is 0.0414. The van der Waals surface area contributed by atoms with Crippen molar-refractivity contribution in [1.82, 2.24) is 0 Å². The standard InChI is InChI=1S/C14H19BClNO4/c16-12-6-9-4-8(2-1-3-15(20)21)13(14(18)19)11(9)5-10(12)7-17/h5-6,8,13,20-21H,1-4,7,17H2,(H,18,19). The van der Waals surface area contributed by atoms with Crippen molar-refractivity contribution in [2.24, 2.45) is 11.7 Å². The first kappa shape index (κ1) is 16.3. The summed E-state index contributed by atoms with van der Waals surface area (Å²) in [6.07, 6.45) is 2.13. The second-order valence-electron chi connectivity index (χ2n) is 5.54. The fraction of sp³-hybridized carbons (Fsp3) is 0.500. The third-order valence-electron chi connectivity index (χ3n) is 4.12. The van der Waals surface area contributed by atoms with Gasteiger partial charge >= 0.3 is 13.1 Å². The molecule has 2 unspecified atom stereocenters. The van der Waals surface area contributed by atoms with Gasteiger partial charge in [-0.25, -0.2) is 0 Å². The van der Waals surface area contributed by atoms with Crippen molar-refractivity contribution in [3.8, 4) is 0 Å². The van der Waals surface area contributed by atoms with Crippen molar-refractivity contribution >= 4 is 24.7 Å². The van der Waals surface area contributed by atoms with E-state index < -0.39 is 19.0 Å². The number of hydrogen-bond acceptors (Lipinski definition) is 4. The Hall–Kier alpha value is -1.08. The number of benzene rings is 1. The van der Waals surface area contributed by atoms with E-state index in [9.17, 15) is 9.90 Å². The fourth-order valence-electron chi connectivity index (χ4n) is 3.12. The quantitative estimate of drug-likeness (QED) is 0.594. The number of halogens is 1. The van der Waals surface area contributed by atoms with Crippen LogP contribution < -0.4 is 5.73 Å². The lowest BCUT2D eigenvalue weighted by molar-refractivity contribution is -0.139. The first-order valence-corrected chi connectivity index (χ1v) is 7.42. The van der Waals surface area contributed by atoms with Crippen molar-refractivity contribution < 1.29 is 19.9 Å². The van der Waals surface area contributed by atoms with Crippen LogP contribution in [-0.4, -0.2) is 28.2 Å². The van der Waals surface area contributed by atoms with Gasteiger partial charge in [-0.2, -0.15) is 0 Å². The molecule has 0 bridgehead atoms. The van der Waals surface area contributed by atoms with Crippen LogP contribution in [0, 0.1) is 5.92 Å². The van der Waals surface area contributed by atoms with Crippen molar-refractivity contribution in [2.45, 2.75) is 38.0 Å². The molecule has 0 amide bonds. The van der Waals surface area contributed by atoms with Crippen LogP contribution >= 0.6 is 11.6 Å². The maximum Gasteiger partial charge on any atom is 0.451 e. The zero-order chi connectivity index (χ0) is 15.6. The Kier molecular flexibility index (Phi) is 5.27. The Labute approximate surface area is 128 Å². The monoisotopic (exact) mass is 311 g/mol. The zero-order valence-corrected chi connectivity index (χ0v) is 12.4. The van der Waals surface area contributed by atoms with Gasteiger partial charge in [-0.15, -0.1) is 0 Å². The summed E-state index contributed by atoms with van der Waals surface area (Å²) >= 11 is 6.14. The summed E-state index contributed by atoms with van der Waals surface area (Å²) in [5.41, 5.74) is 8.14. The Morgan fingerprint density at radius 2 is 2.14 bits per heavy atom. The SMILES string of the molecule is NCc1cc2c(cc1Cl)CC(CCCB(O)O)C2C(=O)O. The minimum atomic E-state index is -1.34. The van der Waals surface area contributed by atoms with Gasteiger partial charge in [-0.1, -0.05) is 24.1 Å². The maximum absolute atomic E-state index is 11.6. The van der Waals surface area contributed by atoms with E-state index in [2.05, 4.69) is 0 Å². The highest BCUT2D eigenvalue weighted by atomic mass is 35.5. The molecule has 0 heterocycles. The molecule has 21 heavy (non-hydrogen) atoms. The molecule has 0 aliphatic heterocycles. The van der Waals surface area contributed by atoms with E-state index in [0.717, 1.165) is 16.7 Å². The lowest BCUT2D eigenvalue weighted by Crippen LogP contribution is -2.19. The third kappa shape index (κ3) is 3.58. The average Bonchev–Trinajstić information content (AvgIpc) is 2.74. The smallest absolute Gasteiger partial charge is 0.451 e. The lowest BCUT2D eigenvalue weighted by Gasteiger charge is -2.16. The number of carboxylic acid groups (broad SMARTS) is 1. The topological polar surface area (TPSA) is 104 Å². The van der Waals surface area contributed by atoms with Gasteiger partial charge in [0.25, 0.3) is 0 Å². The molecule has 0 saturated heterocycles. The van der Waals surface area contributed by atoms with Gasteiger partial charge in [0.1, 0.15) is 0 Å². The van der Waals surface area contributed by atoms with Gasteiger partial charge in [0.15, 0.2) is 0 Å². The van der Waals surface area contributed by atoms with Gasteiger partial charge in [0.2, 0.25) is 0 Å². The molecule has 5 N–H and O–H groups in total. The molecule has 0 saturated carbocycles. The van der Waals surface area contributed by atoms with Crippen LogP contribution in [0.3, 0.4) is 0 Å². The van der Waals surface area contributed by atoms with E-state index in [1.54, 1.807) is 6.07 Å². The summed E-state index contributed by atoms with van der Waals surface area (Å²) in [5.74, 6) is -1.47. The van der Waals surface area contributed by atoms with E-state index >= 15 is 0 Å². The van der Waals surface area contributed by atoms with E-state index in [1.807, 2.05) is 6.07 Å². The molecule has 2 rings (SSSR count). The largest absolute Gasteiger partial charge is 0.481 e. The number of fused-ring (bicyclic) bond motifs is 1. The molecule has 114 valence electrons. The van der Waals surface area contributed by atoms with Crippen molar-refractivity contribution in [3.63, 3.8) is 0 Å². The minimum Gasteiger partial charge on any atom is -0.481 e. The predicted molar refractivity (Wildman–Crippen MR) is 81.1 cm³/mol. The van der Waals surface area contributed by atoms with Crippen molar-refractivity contribution in [1.29, 1.82) is 0 Å². The molecule has 1 aliphatic rings. The molecular formula is C14H19BClNO4. The Morgan fingerprint density at radius 1 is 1.43 bits per heavy atom. The van der Waals surface area contributed by atoms with E-state index in [-0.39, 0.29) is 18.8 Å². The van der Waals surface area contributed by atoms with Crippen molar-refractivity contribution in [2.75, 3.05) is 0 Å². The number of nitrogens with two attached hydrogens (primary N) is 1. The summed E-state index contributed by atoms with van der Waals surface area (Å²) < 4.78 is 0. The van der Waals surface area contributed by atoms with Gasteiger partial charge in [0, 0.05) is 11.6 Å². The van der Waals surface area contributed by atoms with Crippen LogP contribution in [0.15, 0.2) is 12.1 Å². The van der Waals surface area contributed by atoms with E-state index in [4.69, 9.17) is 27.4 Å². The zero-order valence-electron chi connectivity index (χ0n) is 11.6. The molecule has 0 spiro atoms. The number of carbonyl (C=O) groups is 1. The highest BCUT2D eigenvalue weighted by Crippen LogP contribution is 2.42. The van der Waals surface area contributed by atoms with Crippen LogP contribution in [0.2, 0.25) is 11.3 Å². The normalized spacial score (nSPS) is 20.4. The van der Waals surface area contributed by atoms with E-state index in [0.29, 0.717) is 24.3 Å². The number of hydrogen-bond donors (Lipinski definition) is 4. The van der Waals surface area contributed by atoms with Gasteiger partial charge in [-0.3, -0.25) is 4.79 Å². The first-order chi connectivity index (χ1) is 9.93. The van der Waals surface area contributed by atoms with Gasteiger partial charge < -0.3 is 20.9 Å². The van der Waals surface area contributed by atoms with Crippen LogP contribution in [0.25, 0.3) is 0 Å². The summed E-state index contributed by atoms with van der Waals surface area (Å²) in [4.78, 5) is 11.6. The highest BCUT2D eigenvalue weighted by Gasteiger charge is 2.37. The van der Waals surface area contributed by atoms with Crippen LogP contribution in [0.1, 0.15) is 35.4 Å². The summed E-state index contributed by atoms with van der Waals surface area (Å²) in [5, 5.41) is 27.9. The number of carboxylic acids is 1. The fourth-order valence-corrected chi connectivity index (χ4v) is 3.38. The maximum atomic E-state index is 11.6. The number of rotatable bonds is 6. The third-order valence-corrected chi connectivity index (χ3v) is 4.47. The predicted octanol–water partition coefficient (Wildman–Crippen LogP) is 1.39. The molecular weight excluding hydrogens is 292 g/mol. The van der Waals surface area contributed by atoms with Crippen LogP contribution in [-0.2, 0) is 17.8 Å². The summed E-state index contributed by atoms with van der Waals surface area (Å²) in [6.45, 7) is 0.278. The Bertz CT molecular complexity index is 538. The molecule has 1 aromatic rings. The summed E-state index contributed by atoms with van der Waals surface area (Å²) in [6, 6.07) is 3.62. The van der Waals surface area contributed by atoms with Gasteiger partial charge in [0.05, 0.1) is 5.92 Å². The van der Waals surface area contributed by atoms with Crippen LogP contribution in [0.5, 0.6) is 0 Å². The summed E-state index contributed by atoms with van der Waals surface area (Å²) in [7, 11) is -1.34. The molecule has 0 aromatic heterocycles. The molecule has 7 heteroatoms. The highest BCUT2D eigenvalue weighted by molar-refractivity contribution is 6.40. The first-order valence-electron chi connectivity index (χ1n) is 7.04. The second kappa shape index (κ2) is 6.79. The Balaban J connectivity index is 2.21. The second-order valence-corrected chi connectivity index (χ2v) is 5.95. The van der Waals surface area contributed by atoms with Crippen LogP contribution in [0.4, 0.5) is 0 Å². The molecule has 0 radical (unpaired) electrons. The molecule has 1 aliphatic carbocycles. The van der Waals surface area contributed by atoms with Gasteiger partial charge in [-0.05, 0) is 47.8 Å².